The van der Waals surface area contributed by atoms with Crippen molar-refractivity contribution in [2.45, 2.75) is 18.9 Å². The molecule has 1 atom stereocenters. The van der Waals surface area contributed by atoms with Gasteiger partial charge >= 0.3 is 0 Å². The molecule has 4 rings (SSSR count). The number of hydrogen-bond acceptors (Lipinski definition) is 6. The van der Waals surface area contributed by atoms with Crippen molar-refractivity contribution in [3.8, 4) is 17.6 Å². The first-order valence-corrected chi connectivity index (χ1v) is 10.7. The topological polar surface area (TPSA) is 65.8 Å². The molecule has 6 nitrogen and oxygen atoms in total. The van der Waals surface area contributed by atoms with Crippen LogP contribution in [-0.4, -0.2) is 42.5 Å². The predicted molar refractivity (Wildman–Crippen MR) is 116 cm³/mol. The average molecular weight is 422 g/mol. The molecule has 0 aromatic heterocycles. The van der Waals surface area contributed by atoms with Crippen molar-refractivity contribution >= 4 is 17.7 Å². The summed E-state index contributed by atoms with van der Waals surface area (Å²) in [7, 11) is 3.27. The largest absolute Gasteiger partial charge is 0.497 e. The van der Waals surface area contributed by atoms with E-state index in [1.54, 1.807) is 30.9 Å². The van der Waals surface area contributed by atoms with Crippen LogP contribution in [0.3, 0.4) is 0 Å². The standard InChI is InChI=1S/C23H23N3O3S/c1-28-18-8-6-16(7-9-18)13-25-14-26-22(27)11-20(21(12-24)23(26)30-15-25)17-4-3-5-19(10-17)29-2/h3-10,20H,11,13-15H2,1-2H3/t20-/m0/s1. The van der Waals surface area contributed by atoms with Gasteiger partial charge in [0.2, 0.25) is 5.91 Å². The van der Waals surface area contributed by atoms with Crippen molar-refractivity contribution in [2.75, 3.05) is 26.8 Å². The molecule has 2 aliphatic rings. The second kappa shape index (κ2) is 8.82. The van der Waals surface area contributed by atoms with Crippen molar-refractivity contribution in [2.24, 2.45) is 0 Å². The third-order valence-electron chi connectivity index (χ3n) is 5.41. The van der Waals surface area contributed by atoms with Gasteiger partial charge in [-0.3, -0.25) is 14.6 Å². The Kier molecular flexibility index (Phi) is 5.98. The van der Waals surface area contributed by atoms with Crippen LogP contribution in [0, 0.1) is 11.3 Å². The summed E-state index contributed by atoms with van der Waals surface area (Å²) in [6, 6.07) is 18.0. The van der Waals surface area contributed by atoms with E-state index in [1.165, 1.54) is 0 Å². The van der Waals surface area contributed by atoms with E-state index in [-0.39, 0.29) is 18.2 Å². The maximum atomic E-state index is 13.0. The highest BCUT2D eigenvalue weighted by molar-refractivity contribution is 8.03. The van der Waals surface area contributed by atoms with Gasteiger partial charge in [0.05, 0.1) is 43.4 Å². The van der Waals surface area contributed by atoms with Crippen molar-refractivity contribution in [1.29, 1.82) is 5.26 Å². The quantitative estimate of drug-likeness (QED) is 0.729. The molecule has 0 bridgehead atoms. The number of carbonyl (C=O) groups excluding carboxylic acids is 1. The zero-order valence-corrected chi connectivity index (χ0v) is 17.8. The fourth-order valence-electron chi connectivity index (χ4n) is 3.84. The molecular formula is C23H23N3O3S. The van der Waals surface area contributed by atoms with E-state index in [1.807, 2.05) is 48.5 Å². The van der Waals surface area contributed by atoms with Gasteiger partial charge in [0.15, 0.2) is 0 Å². The summed E-state index contributed by atoms with van der Waals surface area (Å²) in [5.41, 5.74) is 2.76. The molecule has 1 fully saturated rings. The van der Waals surface area contributed by atoms with E-state index in [0.717, 1.165) is 40.1 Å². The van der Waals surface area contributed by atoms with E-state index in [4.69, 9.17) is 9.47 Å². The highest BCUT2D eigenvalue weighted by Gasteiger charge is 2.38. The van der Waals surface area contributed by atoms with Gasteiger partial charge in [-0.25, -0.2) is 0 Å². The molecule has 2 aromatic carbocycles. The van der Waals surface area contributed by atoms with Gasteiger partial charge in [0.25, 0.3) is 0 Å². The number of amides is 1. The number of benzene rings is 2. The van der Waals surface area contributed by atoms with Gasteiger partial charge in [-0.2, -0.15) is 5.26 Å². The highest BCUT2D eigenvalue weighted by Crippen LogP contribution is 2.43. The molecule has 7 heteroatoms. The number of fused-ring (bicyclic) bond motifs is 1. The molecule has 0 saturated carbocycles. The molecule has 2 aromatic rings. The first-order valence-electron chi connectivity index (χ1n) is 9.69. The summed E-state index contributed by atoms with van der Waals surface area (Å²) in [4.78, 5) is 17.0. The number of ether oxygens (including phenoxy) is 2. The Balaban J connectivity index is 1.55. The zero-order chi connectivity index (χ0) is 21.1. The number of nitriles is 1. The first-order chi connectivity index (χ1) is 14.6. The van der Waals surface area contributed by atoms with Crippen molar-refractivity contribution in [3.05, 3.63) is 70.3 Å². The number of nitrogens with zero attached hydrogens (tertiary/aromatic N) is 3. The van der Waals surface area contributed by atoms with Gasteiger partial charge in [-0.05, 0) is 35.4 Å². The Morgan fingerprint density at radius 3 is 2.60 bits per heavy atom. The van der Waals surface area contributed by atoms with Gasteiger partial charge in [0, 0.05) is 18.9 Å². The lowest BCUT2D eigenvalue weighted by atomic mass is 9.86. The molecule has 1 saturated heterocycles. The number of methoxy groups -OCH3 is 2. The van der Waals surface area contributed by atoms with E-state index in [0.29, 0.717) is 12.2 Å². The Labute approximate surface area is 180 Å². The Morgan fingerprint density at radius 2 is 1.90 bits per heavy atom. The minimum Gasteiger partial charge on any atom is -0.497 e. The molecule has 0 radical (unpaired) electrons. The molecule has 0 spiro atoms. The van der Waals surface area contributed by atoms with Crippen LogP contribution in [0.2, 0.25) is 0 Å². The smallest absolute Gasteiger partial charge is 0.229 e. The minimum atomic E-state index is -0.232. The van der Waals surface area contributed by atoms with Crippen LogP contribution < -0.4 is 9.47 Å². The number of carbonyl (C=O) groups is 1. The lowest BCUT2D eigenvalue weighted by Crippen LogP contribution is -2.46. The molecular weight excluding hydrogens is 398 g/mol. The van der Waals surface area contributed by atoms with Crippen molar-refractivity contribution in [3.63, 3.8) is 0 Å². The fourth-order valence-corrected chi connectivity index (χ4v) is 4.98. The zero-order valence-electron chi connectivity index (χ0n) is 17.0. The average Bonchev–Trinajstić information content (AvgIpc) is 2.79. The van der Waals surface area contributed by atoms with Gasteiger partial charge < -0.3 is 9.47 Å². The van der Waals surface area contributed by atoms with E-state index >= 15 is 0 Å². The second-order valence-corrected chi connectivity index (χ2v) is 8.21. The maximum Gasteiger partial charge on any atom is 0.229 e. The molecule has 0 N–H and O–H groups in total. The Morgan fingerprint density at radius 1 is 1.13 bits per heavy atom. The second-order valence-electron chi connectivity index (χ2n) is 7.28. The summed E-state index contributed by atoms with van der Waals surface area (Å²) in [6.07, 6.45) is 0.288. The van der Waals surface area contributed by atoms with Crippen LogP contribution in [-0.2, 0) is 11.3 Å². The van der Waals surface area contributed by atoms with Crippen LogP contribution in [0.5, 0.6) is 11.5 Å². The molecule has 2 heterocycles. The third kappa shape index (κ3) is 4.02. The molecule has 1 amide bonds. The van der Waals surface area contributed by atoms with Crippen molar-refractivity contribution < 1.29 is 14.3 Å². The summed E-state index contributed by atoms with van der Waals surface area (Å²) in [5, 5.41) is 10.7. The number of rotatable bonds is 5. The molecule has 30 heavy (non-hydrogen) atoms. The van der Waals surface area contributed by atoms with E-state index in [9.17, 15) is 10.1 Å². The lowest BCUT2D eigenvalue weighted by molar-refractivity contribution is -0.131. The van der Waals surface area contributed by atoms with Gasteiger partial charge in [-0.1, -0.05) is 36.0 Å². The summed E-state index contributed by atoms with van der Waals surface area (Å²) >= 11 is 1.56. The normalized spacial score (nSPS) is 19.3. The monoisotopic (exact) mass is 421 g/mol. The molecule has 2 aliphatic heterocycles. The third-order valence-corrected chi connectivity index (χ3v) is 6.62. The van der Waals surface area contributed by atoms with Crippen LogP contribution >= 0.6 is 11.8 Å². The first kappa shape index (κ1) is 20.3. The molecule has 0 aliphatic carbocycles. The number of thioether (sulfide) groups is 1. The van der Waals surface area contributed by atoms with Gasteiger partial charge in [-0.15, -0.1) is 0 Å². The fraction of sp³-hybridized carbons (Fsp3) is 0.304. The summed E-state index contributed by atoms with van der Waals surface area (Å²) < 4.78 is 10.5. The van der Waals surface area contributed by atoms with Crippen LogP contribution in [0.15, 0.2) is 59.1 Å². The Bertz CT molecular complexity index is 1010. The minimum absolute atomic E-state index is 0.0451. The van der Waals surface area contributed by atoms with Crippen LogP contribution in [0.4, 0.5) is 0 Å². The molecule has 0 unspecified atom stereocenters. The van der Waals surface area contributed by atoms with E-state index in [2.05, 4.69) is 11.0 Å². The van der Waals surface area contributed by atoms with Crippen molar-refractivity contribution in [1.82, 2.24) is 9.80 Å². The summed E-state index contributed by atoms with van der Waals surface area (Å²) in [5.74, 6) is 2.09. The SMILES string of the molecule is COc1ccc(CN2CSC3=C(C#N)[C@H](c4cccc(OC)c4)CC(=O)N3C2)cc1. The van der Waals surface area contributed by atoms with Crippen LogP contribution in [0.1, 0.15) is 23.5 Å². The highest BCUT2D eigenvalue weighted by atomic mass is 32.2. The number of allylic oxidation sites excluding steroid dienone is 1. The lowest BCUT2D eigenvalue weighted by Gasteiger charge is -2.41. The number of hydrogen-bond donors (Lipinski definition) is 0. The summed E-state index contributed by atoms with van der Waals surface area (Å²) in [6.45, 7) is 1.22. The maximum absolute atomic E-state index is 13.0. The van der Waals surface area contributed by atoms with Crippen LogP contribution in [0.25, 0.3) is 0 Å². The predicted octanol–water partition coefficient (Wildman–Crippen LogP) is 3.92. The van der Waals surface area contributed by atoms with Gasteiger partial charge in [0.1, 0.15) is 11.5 Å². The molecule has 154 valence electrons. The van der Waals surface area contributed by atoms with E-state index < -0.39 is 0 Å². The Hall–Kier alpha value is -2.95.